The van der Waals surface area contributed by atoms with Gasteiger partial charge in [-0.15, -0.1) is 0 Å². The van der Waals surface area contributed by atoms with E-state index in [0.717, 1.165) is 36.4 Å². The predicted octanol–water partition coefficient (Wildman–Crippen LogP) is 3.71. The molecule has 0 aliphatic carbocycles. The van der Waals surface area contributed by atoms with E-state index in [0.29, 0.717) is 10.7 Å². The molecule has 2 aromatic carbocycles. The molecule has 2 rings (SSSR count). The molecule has 6 heteroatoms. The molecule has 2 N–H and O–H groups in total. The second-order valence-corrected chi connectivity index (χ2v) is 6.27. The highest BCUT2D eigenvalue weighted by Crippen LogP contribution is 2.17. The van der Waals surface area contributed by atoms with E-state index < -0.39 is 0 Å². The Morgan fingerprint density at radius 2 is 1.96 bits per heavy atom. The summed E-state index contributed by atoms with van der Waals surface area (Å²) in [5.74, 6) is 0.499. The number of hydrogen-bond acceptors (Lipinski definition) is 4. The number of anilines is 1. The van der Waals surface area contributed by atoms with Crippen LogP contribution in [-0.4, -0.2) is 31.8 Å². The molecule has 0 saturated heterocycles. The summed E-state index contributed by atoms with van der Waals surface area (Å²) in [5.41, 5.74) is 3.50. The number of hydrogen-bond donors (Lipinski definition) is 2. The van der Waals surface area contributed by atoms with Gasteiger partial charge in [0, 0.05) is 12.2 Å². The van der Waals surface area contributed by atoms with Crippen LogP contribution in [0.5, 0.6) is 5.75 Å². The van der Waals surface area contributed by atoms with Gasteiger partial charge in [-0.3, -0.25) is 0 Å². The molecular formula is C20H24N2O3S. The topological polar surface area (TPSA) is 59.6 Å². The smallest absolute Gasteiger partial charge is 0.337 e. The summed E-state index contributed by atoms with van der Waals surface area (Å²) in [6, 6.07) is 13.4. The van der Waals surface area contributed by atoms with Crippen molar-refractivity contribution in [1.29, 1.82) is 0 Å². The minimum atomic E-state index is -0.370. The first-order chi connectivity index (χ1) is 12.5. The lowest BCUT2D eigenvalue weighted by Crippen LogP contribution is -2.29. The van der Waals surface area contributed by atoms with Crippen molar-refractivity contribution in [2.45, 2.75) is 19.8 Å². The fraction of sp³-hybridized carbons (Fsp3) is 0.300. The van der Waals surface area contributed by atoms with Gasteiger partial charge >= 0.3 is 5.97 Å². The maximum absolute atomic E-state index is 11.6. The summed E-state index contributed by atoms with van der Waals surface area (Å²) in [6.07, 6.45) is 1.87. The van der Waals surface area contributed by atoms with Crippen LogP contribution in [0.1, 0.15) is 27.9 Å². The standard InChI is InChI=1S/C20H24N2O3S/c1-14-9-10-16(19(23)25-3)13-18(14)22-20(26)21-11-5-7-15-6-4-8-17(12-15)24-2/h4,6,8-10,12-13H,5,7,11H2,1-3H3,(H2,21,22,26). The molecule has 0 fully saturated rings. The number of esters is 1. The summed E-state index contributed by atoms with van der Waals surface area (Å²) >= 11 is 5.34. The third-order valence-corrected chi connectivity index (χ3v) is 4.22. The molecule has 0 aliphatic rings. The van der Waals surface area contributed by atoms with Crippen LogP contribution in [0, 0.1) is 6.92 Å². The average molecular weight is 372 g/mol. The minimum Gasteiger partial charge on any atom is -0.497 e. The molecule has 0 heterocycles. The summed E-state index contributed by atoms with van der Waals surface area (Å²) < 4.78 is 9.98. The number of carbonyl (C=O) groups is 1. The second-order valence-electron chi connectivity index (χ2n) is 5.86. The maximum atomic E-state index is 11.6. The van der Waals surface area contributed by atoms with Crippen LogP contribution in [0.3, 0.4) is 0 Å². The van der Waals surface area contributed by atoms with Crippen molar-refractivity contribution in [2.24, 2.45) is 0 Å². The Morgan fingerprint density at radius 1 is 1.15 bits per heavy atom. The first-order valence-electron chi connectivity index (χ1n) is 8.40. The fourth-order valence-corrected chi connectivity index (χ4v) is 2.70. The van der Waals surface area contributed by atoms with Crippen LogP contribution in [0.4, 0.5) is 5.69 Å². The molecule has 0 spiro atoms. The Kier molecular flexibility index (Phi) is 7.41. The van der Waals surface area contributed by atoms with Gasteiger partial charge in [0.1, 0.15) is 5.75 Å². The molecule has 26 heavy (non-hydrogen) atoms. The van der Waals surface area contributed by atoms with E-state index in [2.05, 4.69) is 16.7 Å². The van der Waals surface area contributed by atoms with Crippen LogP contribution in [-0.2, 0) is 11.2 Å². The van der Waals surface area contributed by atoms with E-state index in [9.17, 15) is 4.79 Å². The molecule has 0 aromatic heterocycles. The van der Waals surface area contributed by atoms with Crippen LogP contribution >= 0.6 is 12.2 Å². The molecule has 0 radical (unpaired) electrons. The SMILES string of the molecule is COC(=O)c1ccc(C)c(NC(=S)NCCCc2cccc(OC)c2)c1. The van der Waals surface area contributed by atoms with E-state index in [1.54, 1.807) is 19.2 Å². The second kappa shape index (κ2) is 9.77. The van der Waals surface area contributed by atoms with E-state index in [1.165, 1.54) is 12.7 Å². The van der Waals surface area contributed by atoms with E-state index in [-0.39, 0.29) is 5.97 Å². The van der Waals surface area contributed by atoms with Crippen LogP contribution in [0.2, 0.25) is 0 Å². The predicted molar refractivity (Wildman–Crippen MR) is 108 cm³/mol. The molecule has 0 bridgehead atoms. The monoisotopic (exact) mass is 372 g/mol. The van der Waals surface area contributed by atoms with Crippen molar-refractivity contribution in [3.8, 4) is 5.75 Å². The first kappa shape index (κ1) is 19.7. The third-order valence-electron chi connectivity index (χ3n) is 3.97. The lowest BCUT2D eigenvalue weighted by atomic mass is 10.1. The largest absolute Gasteiger partial charge is 0.497 e. The number of nitrogens with one attached hydrogen (secondary N) is 2. The Bertz CT molecular complexity index is 777. The fourth-order valence-electron chi connectivity index (χ4n) is 2.49. The Labute approximate surface area is 159 Å². The van der Waals surface area contributed by atoms with Gasteiger partial charge in [0.2, 0.25) is 0 Å². The Hall–Kier alpha value is -2.60. The number of carbonyl (C=O) groups excluding carboxylic acids is 1. The van der Waals surface area contributed by atoms with Crippen molar-refractivity contribution >= 4 is 29.0 Å². The van der Waals surface area contributed by atoms with Gasteiger partial charge in [-0.05, 0) is 67.4 Å². The lowest BCUT2D eigenvalue weighted by molar-refractivity contribution is 0.0601. The highest BCUT2D eigenvalue weighted by molar-refractivity contribution is 7.80. The van der Waals surface area contributed by atoms with Crippen molar-refractivity contribution < 1.29 is 14.3 Å². The number of benzene rings is 2. The van der Waals surface area contributed by atoms with Crippen molar-refractivity contribution in [3.63, 3.8) is 0 Å². The summed E-state index contributed by atoms with van der Waals surface area (Å²) in [4.78, 5) is 11.6. The van der Waals surface area contributed by atoms with Crippen LogP contribution < -0.4 is 15.4 Å². The summed E-state index contributed by atoms with van der Waals surface area (Å²) in [6.45, 7) is 2.70. The molecule has 0 saturated carbocycles. The zero-order valence-corrected chi connectivity index (χ0v) is 16.1. The quantitative estimate of drug-likeness (QED) is 0.439. The molecule has 0 amide bonds. The van der Waals surface area contributed by atoms with E-state index in [4.69, 9.17) is 21.7 Å². The summed E-state index contributed by atoms with van der Waals surface area (Å²) in [5, 5.41) is 6.86. The van der Waals surface area contributed by atoms with Crippen molar-refractivity contribution in [1.82, 2.24) is 5.32 Å². The Balaban J connectivity index is 1.82. The third kappa shape index (κ3) is 5.74. The molecule has 0 aliphatic heterocycles. The zero-order valence-electron chi connectivity index (χ0n) is 15.3. The normalized spacial score (nSPS) is 10.1. The zero-order chi connectivity index (χ0) is 18.9. The Morgan fingerprint density at radius 3 is 2.69 bits per heavy atom. The van der Waals surface area contributed by atoms with Gasteiger partial charge in [-0.25, -0.2) is 4.79 Å². The number of ether oxygens (including phenoxy) is 2. The van der Waals surface area contributed by atoms with Gasteiger partial charge in [-0.2, -0.15) is 0 Å². The lowest BCUT2D eigenvalue weighted by Gasteiger charge is -2.13. The minimum absolute atomic E-state index is 0.370. The van der Waals surface area contributed by atoms with Gasteiger partial charge in [0.25, 0.3) is 0 Å². The van der Waals surface area contributed by atoms with Crippen LogP contribution in [0.15, 0.2) is 42.5 Å². The number of rotatable bonds is 7. The first-order valence-corrected chi connectivity index (χ1v) is 8.81. The highest BCUT2D eigenvalue weighted by Gasteiger charge is 2.09. The number of thiocarbonyl (C=S) groups is 1. The molecule has 5 nitrogen and oxygen atoms in total. The van der Waals surface area contributed by atoms with Gasteiger partial charge in [-0.1, -0.05) is 18.2 Å². The molecular weight excluding hydrogens is 348 g/mol. The van der Waals surface area contributed by atoms with Gasteiger partial charge < -0.3 is 20.1 Å². The maximum Gasteiger partial charge on any atom is 0.337 e. The highest BCUT2D eigenvalue weighted by atomic mass is 32.1. The van der Waals surface area contributed by atoms with Crippen molar-refractivity contribution in [2.75, 3.05) is 26.1 Å². The van der Waals surface area contributed by atoms with E-state index in [1.807, 2.05) is 31.2 Å². The number of aryl methyl sites for hydroxylation is 2. The van der Waals surface area contributed by atoms with E-state index >= 15 is 0 Å². The molecule has 138 valence electrons. The van der Waals surface area contributed by atoms with Gasteiger partial charge in [0.15, 0.2) is 5.11 Å². The van der Waals surface area contributed by atoms with Crippen LogP contribution in [0.25, 0.3) is 0 Å². The molecule has 2 aromatic rings. The van der Waals surface area contributed by atoms with Crippen molar-refractivity contribution in [3.05, 3.63) is 59.2 Å². The average Bonchev–Trinajstić information content (AvgIpc) is 2.66. The number of methoxy groups -OCH3 is 2. The molecule has 0 unspecified atom stereocenters. The summed E-state index contributed by atoms with van der Waals surface area (Å²) in [7, 11) is 3.03. The van der Waals surface area contributed by atoms with Gasteiger partial charge in [0.05, 0.1) is 19.8 Å². The molecule has 0 atom stereocenters.